The minimum Gasteiger partial charge on any atom is -0.380 e. The van der Waals surface area contributed by atoms with Crippen molar-refractivity contribution in [3.8, 4) is 0 Å². The Balaban J connectivity index is 2.09. The van der Waals surface area contributed by atoms with Crippen molar-refractivity contribution < 1.29 is 9.53 Å². The van der Waals surface area contributed by atoms with Gasteiger partial charge in [0.25, 0.3) is 5.91 Å². The fourth-order valence-corrected chi connectivity index (χ4v) is 1.54. The minimum absolute atomic E-state index is 0.129. The Labute approximate surface area is 104 Å². The Morgan fingerprint density at radius 3 is 3.00 bits per heavy atom. The predicted octanol–water partition coefficient (Wildman–Crippen LogP) is 1.51. The van der Waals surface area contributed by atoms with Gasteiger partial charge in [0, 0.05) is 12.8 Å². The van der Waals surface area contributed by atoms with Gasteiger partial charge in [0.1, 0.15) is 5.82 Å². The highest BCUT2D eigenvalue weighted by molar-refractivity contribution is 6.01. The monoisotopic (exact) mass is 246 g/mol. The summed E-state index contributed by atoms with van der Waals surface area (Å²) >= 11 is 0. The summed E-state index contributed by atoms with van der Waals surface area (Å²) in [6, 6.07) is 7.43. The Bertz CT molecular complexity index is 551. The van der Waals surface area contributed by atoms with Gasteiger partial charge in [-0.3, -0.25) is 9.89 Å². The van der Waals surface area contributed by atoms with Crippen LogP contribution in [0.4, 0.5) is 5.69 Å². The number of carbonyl (C=O) groups is 1. The number of amides is 1. The van der Waals surface area contributed by atoms with Crippen molar-refractivity contribution in [2.24, 2.45) is 0 Å². The van der Waals surface area contributed by atoms with Crippen LogP contribution in [-0.2, 0) is 11.3 Å². The normalized spacial score (nSPS) is 10.3. The van der Waals surface area contributed by atoms with E-state index < -0.39 is 0 Å². The number of aromatic nitrogens is 3. The third-order valence-corrected chi connectivity index (χ3v) is 2.30. The molecule has 0 bridgehead atoms. The van der Waals surface area contributed by atoms with Gasteiger partial charge in [-0.25, -0.2) is 4.98 Å². The summed E-state index contributed by atoms with van der Waals surface area (Å²) in [6.07, 6.45) is 0. The molecule has 0 aliphatic heterocycles. The number of hydrogen-bond acceptors (Lipinski definition) is 4. The molecule has 6 heteroatoms. The number of H-pyrrole nitrogens is 1. The van der Waals surface area contributed by atoms with E-state index >= 15 is 0 Å². The lowest BCUT2D eigenvalue weighted by atomic mass is 10.2. The average Bonchev–Trinajstić information content (AvgIpc) is 2.77. The Kier molecular flexibility index (Phi) is 3.69. The fourth-order valence-electron chi connectivity index (χ4n) is 1.54. The summed E-state index contributed by atoms with van der Waals surface area (Å²) in [5, 5.41) is 9.15. The average molecular weight is 246 g/mol. The van der Waals surface area contributed by atoms with Crippen LogP contribution in [0.2, 0.25) is 0 Å². The number of benzene rings is 1. The second-order valence-electron chi connectivity index (χ2n) is 3.83. The molecule has 0 fully saturated rings. The molecule has 0 saturated heterocycles. The van der Waals surface area contributed by atoms with Crippen molar-refractivity contribution in [3.05, 3.63) is 41.5 Å². The van der Waals surface area contributed by atoms with Crippen molar-refractivity contribution in [3.63, 3.8) is 0 Å². The maximum Gasteiger partial charge on any atom is 0.295 e. The maximum absolute atomic E-state index is 11.8. The number of ether oxygens (including phenoxy) is 1. The molecule has 0 radical (unpaired) electrons. The van der Waals surface area contributed by atoms with E-state index in [4.69, 9.17) is 4.74 Å². The van der Waals surface area contributed by atoms with Crippen LogP contribution in [0.5, 0.6) is 0 Å². The maximum atomic E-state index is 11.8. The van der Waals surface area contributed by atoms with Crippen molar-refractivity contribution in [2.75, 3.05) is 12.4 Å². The molecule has 0 aliphatic rings. The second-order valence-corrected chi connectivity index (χ2v) is 3.83. The SMILES string of the molecule is COCc1cccc(NC(=O)c2n[nH]c(C)n2)c1. The van der Waals surface area contributed by atoms with Gasteiger partial charge in [-0.2, -0.15) is 0 Å². The molecule has 1 aromatic carbocycles. The number of anilines is 1. The topological polar surface area (TPSA) is 79.9 Å². The molecule has 0 atom stereocenters. The number of aromatic amines is 1. The molecule has 0 saturated carbocycles. The van der Waals surface area contributed by atoms with Crippen LogP contribution in [0.3, 0.4) is 0 Å². The van der Waals surface area contributed by atoms with Gasteiger partial charge in [-0.05, 0) is 24.6 Å². The van der Waals surface area contributed by atoms with Crippen molar-refractivity contribution in [2.45, 2.75) is 13.5 Å². The van der Waals surface area contributed by atoms with Crippen LogP contribution in [0, 0.1) is 6.92 Å². The summed E-state index contributed by atoms with van der Waals surface area (Å²) in [7, 11) is 1.63. The van der Waals surface area contributed by atoms with Gasteiger partial charge in [0.2, 0.25) is 5.82 Å². The number of hydrogen-bond donors (Lipinski definition) is 2. The molecule has 1 heterocycles. The molecule has 1 amide bonds. The number of methoxy groups -OCH3 is 1. The van der Waals surface area contributed by atoms with E-state index in [2.05, 4.69) is 20.5 Å². The summed E-state index contributed by atoms with van der Waals surface area (Å²) in [6.45, 7) is 2.24. The van der Waals surface area contributed by atoms with Crippen LogP contribution >= 0.6 is 0 Å². The molecule has 94 valence electrons. The van der Waals surface area contributed by atoms with Gasteiger partial charge in [-0.15, -0.1) is 5.10 Å². The summed E-state index contributed by atoms with van der Waals surface area (Å²) in [5.74, 6) is 0.395. The fraction of sp³-hybridized carbons (Fsp3) is 0.250. The van der Waals surface area contributed by atoms with E-state index in [1.54, 1.807) is 20.1 Å². The van der Waals surface area contributed by atoms with E-state index in [9.17, 15) is 4.79 Å². The van der Waals surface area contributed by atoms with E-state index in [0.29, 0.717) is 18.1 Å². The number of nitrogens with zero attached hydrogens (tertiary/aromatic N) is 2. The molecule has 0 unspecified atom stereocenters. The highest BCUT2D eigenvalue weighted by atomic mass is 16.5. The first-order valence-electron chi connectivity index (χ1n) is 5.47. The lowest BCUT2D eigenvalue weighted by Crippen LogP contribution is -2.14. The van der Waals surface area contributed by atoms with Crippen molar-refractivity contribution >= 4 is 11.6 Å². The molecule has 2 aromatic rings. The van der Waals surface area contributed by atoms with E-state index in [1.807, 2.05) is 18.2 Å². The molecule has 18 heavy (non-hydrogen) atoms. The zero-order valence-electron chi connectivity index (χ0n) is 10.2. The third kappa shape index (κ3) is 2.92. The van der Waals surface area contributed by atoms with Crippen LogP contribution in [0.1, 0.15) is 22.0 Å². The molecule has 1 aromatic heterocycles. The first-order chi connectivity index (χ1) is 8.69. The predicted molar refractivity (Wildman–Crippen MR) is 66.2 cm³/mol. The van der Waals surface area contributed by atoms with Crippen LogP contribution in [0.15, 0.2) is 24.3 Å². The Morgan fingerprint density at radius 2 is 2.33 bits per heavy atom. The molecule has 2 rings (SSSR count). The standard InChI is InChI=1S/C12H14N4O2/c1-8-13-11(16-15-8)12(17)14-10-5-3-4-9(6-10)7-18-2/h3-6H,7H2,1-2H3,(H,14,17)(H,13,15,16). The number of rotatable bonds is 4. The summed E-state index contributed by atoms with van der Waals surface area (Å²) < 4.78 is 5.03. The lowest BCUT2D eigenvalue weighted by Gasteiger charge is -2.05. The van der Waals surface area contributed by atoms with Gasteiger partial charge in [0.05, 0.1) is 6.61 Å². The molecule has 6 nitrogen and oxygen atoms in total. The quantitative estimate of drug-likeness (QED) is 0.857. The van der Waals surface area contributed by atoms with Gasteiger partial charge in [-0.1, -0.05) is 12.1 Å². The van der Waals surface area contributed by atoms with Crippen LogP contribution < -0.4 is 5.32 Å². The Hall–Kier alpha value is -2.21. The zero-order chi connectivity index (χ0) is 13.0. The van der Waals surface area contributed by atoms with E-state index in [1.165, 1.54) is 0 Å². The zero-order valence-corrected chi connectivity index (χ0v) is 10.2. The highest BCUT2D eigenvalue weighted by Crippen LogP contribution is 2.12. The molecule has 0 spiro atoms. The first-order valence-corrected chi connectivity index (χ1v) is 5.47. The summed E-state index contributed by atoms with van der Waals surface area (Å²) in [5.41, 5.74) is 1.68. The van der Waals surface area contributed by atoms with Crippen LogP contribution in [0.25, 0.3) is 0 Å². The number of carbonyl (C=O) groups excluding carboxylic acids is 1. The first kappa shape index (κ1) is 12.3. The van der Waals surface area contributed by atoms with Crippen LogP contribution in [-0.4, -0.2) is 28.2 Å². The van der Waals surface area contributed by atoms with Gasteiger partial charge < -0.3 is 10.1 Å². The molecule has 0 aliphatic carbocycles. The van der Waals surface area contributed by atoms with E-state index in [0.717, 1.165) is 5.56 Å². The number of nitrogens with one attached hydrogen (secondary N) is 2. The lowest BCUT2D eigenvalue weighted by molar-refractivity contribution is 0.101. The third-order valence-electron chi connectivity index (χ3n) is 2.30. The van der Waals surface area contributed by atoms with E-state index in [-0.39, 0.29) is 11.7 Å². The van der Waals surface area contributed by atoms with Crippen molar-refractivity contribution in [1.82, 2.24) is 15.2 Å². The van der Waals surface area contributed by atoms with Crippen molar-refractivity contribution in [1.29, 1.82) is 0 Å². The Morgan fingerprint density at radius 1 is 1.50 bits per heavy atom. The minimum atomic E-state index is -0.339. The molecular weight excluding hydrogens is 232 g/mol. The molecular formula is C12H14N4O2. The van der Waals surface area contributed by atoms with Gasteiger partial charge in [0.15, 0.2) is 0 Å². The van der Waals surface area contributed by atoms with Gasteiger partial charge >= 0.3 is 0 Å². The summed E-state index contributed by atoms with van der Waals surface area (Å²) in [4.78, 5) is 15.8. The second kappa shape index (κ2) is 5.42. The number of aryl methyl sites for hydroxylation is 1. The molecule has 2 N–H and O–H groups in total. The largest absolute Gasteiger partial charge is 0.380 e. The highest BCUT2D eigenvalue weighted by Gasteiger charge is 2.11. The smallest absolute Gasteiger partial charge is 0.295 e.